The van der Waals surface area contributed by atoms with Crippen molar-refractivity contribution in [3.8, 4) is 0 Å². The van der Waals surface area contributed by atoms with Crippen LogP contribution in [0.15, 0.2) is 24.3 Å². The Morgan fingerprint density at radius 2 is 1.87 bits per heavy atom. The normalized spacial score (nSPS) is 20.1. The molecule has 2 aliphatic heterocycles. The van der Waals surface area contributed by atoms with Crippen molar-refractivity contribution in [2.45, 2.75) is 31.7 Å². The van der Waals surface area contributed by atoms with Crippen molar-refractivity contribution < 1.29 is 14.4 Å². The molecule has 2 saturated heterocycles. The van der Waals surface area contributed by atoms with Gasteiger partial charge >= 0.3 is 6.03 Å². The Kier molecular flexibility index (Phi) is 3.83. The van der Waals surface area contributed by atoms with Crippen molar-refractivity contribution >= 4 is 17.8 Å². The van der Waals surface area contributed by atoms with E-state index < -0.39 is 5.54 Å². The van der Waals surface area contributed by atoms with E-state index in [2.05, 4.69) is 5.32 Å². The quantitative estimate of drug-likeness (QED) is 0.830. The molecule has 4 amide bonds. The van der Waals surface area contributed by atoms with Gasteiger partial charge in [0.15, 0.2) is 0 Å². The maximum atomic E-state index is 12.5. The van der Waals surface area contributed by atoms with Crippen LogP contribution in [-0.4, -0.2) is 53.3 Å². The van der Waals surface area contributed by atoms with Gasteiger partial charge in [0, 0.05) is 20.1 Å². The van der Waals surface area contributed by atoms with Crippen LogP contribution in [0.1, 0.15) is 24.0 Å². The molecule has 2 heterocycles. The number of nitrogens with zero attached hydrogens (tertiary/aromatic N) is 2. The van der Waals surface area contributed by atoms with Gasteiger partial charge in [-0.15, -0.1) is 0 Å². The summed E-state index contributed by atoms with van der Waals surface area (Å²) in [6, 6.07) is 7.50. The Labute approximate surface area is 135 Å². The first kappa shape index (κ1) is 15.5. The number of hydrogen-bond donors (Lipinski definition) is 1. The molecule has 0 radical (unpaired) electrons. The second kappa shape index (κ2) is 5.68. The van der Waals surface area contributed by atoms with Crippen LogP contribution < -0.4 is 5.32 Å². The van der Waals surface area contributed by atoms with E-state index in [1.54, 1.807) is 4.90 Å². The Balaban J connectivity index is 1.63. The van der Waals surface area contributed by atoms with E-state index in [4.69, 9.17) is 0 Å². The number of rotatable bonds is 2. The molecule has 0 bridgehead atoms. The molecule has 0 aliphatic carbocycles. The van der Waals surface area contributed by atoms with Crippen LogP contribution in [0.4, 0.5) is 4.79 Å². The second-order valence-corrected chi connectivity index (χ2v) is 6.36. The third kappa shape index (κ3) is 2.69. The van der Waals surface area contributed by atoms with Crippen LogP contribution in [0.5, 0.6) is 0 Å². The third-order valence-corrected chi connectivity index (χ3v) is 4.94. The predicted octanol–water partition coefficient (Wildman–Crippen LogP) is 1.08. The van der Waals surface area contributed by atoms with Crippen LogP contribution >= 0.6 is 0 Å². The predicted molar refractivity (Wildman–Crippen MR) is 84.7 cm³/mol. The van der Waals surface area contributed by atoms with Gasteiger partial charge in [0.05, 0.1) is 6.42 Å². The minimum atomic E-state index is -0.814. The molecule has 1 aromatic rings. The SMILES string of the molecule is Cc1ccccc1CC(=O)N1CCC2(CC1)NC(=O)N(C)C2=O. The second-order valence-electron chi connectivity index (χ2n) is 6.36. The van der Waals surface area contributed by atoms with Crippen LogP contribution in [0, 0.1) is 6.92 Å². The van der Waals surface area contributed by atoms with Crippen molar-refractivity contribution in [2.75, 3.05) is 20.1 Å². The van der Waals surface area contributed by atoms with E-state index in [9.17, 15) is 14.4 Å². The first-order valence-electron chi connectivity index (χ1n) is 7.85. The topological polar surface area (TPSA) is 69.7 Å². The lowest BCUT2D eigenvalue weighted by atomic mass is 9.87. The fourth-order valence-electron chi connectivity index (χ4n) is 3.32. The highest BCUT2D eigenvalue weighted by Crippen LogP contribution is 2.29. The number of nitrogens with one attached hydrogen (secondary N) is 1. The van der Waals surface area contributed by atoms with E-state index in [0.29, 0.717) is 32.4 Å². The van der Waals surface area contributed by atoms with Gasteiger partial charge in [-0.2, -0.15) is 0 Å². The highest BCUT2D eigenvalue weighted by molar-refractivity contribution is 6.06. The van der Waals surface area contributed by atoms with Crippen molar-refractivity contribution in [1.82, 2.24) is 15.1 Å². The third-order valence-electron chi connectivity index (χ3n) is 4.94. The monoisotopic (exact) mass is 315 g/mol. The summed E-state index contributed by atoms with van der Waals surface area (Å²) in [4.78, 5) is 39.3. The zero-order chi connectivity index (χ0) is 16.6. The molecule has 0 atom stereocenters. The number of amides is 4. The zero-order valence-electron chi connectivity index (χ0n) is 13.5. The summed E-state index contributed by atoms with van der Waals surface area (Å²) >= 11 is 0. The molecule has 0 unspecified atom stereocenters. The molecule has 0 saturated carbocycles. The maximum absolute atomic E-state index is 12.5. The minimum Gasteiger partial charge on any atom is -0.342 e. The molecule has 3 rings (SSSR count). The van der Waals surface area contributed by atoms with Gasteiger partial charge in [-0.3, -0.25) is 14.5 Å². The Morgan fingerprint density at radius 3 is 2.43 bits per heavy atom. The van der Waals surface area contributed by atoms with Crippen LogP contribution in [0.25, 0.3) is 0 Å². The summed E-state index contributed by atoms with van der Waals surface area (Å²) in [5, 5.41) is 2.79. The van der Waals surface area contributed by atoms with Crippen LogP contribution in [0.2, 0.25) is 0 Å². The fraction of sp³-hybridized carbons (Fsp3) is 0.471. The lowest BCUT2D eigenvalue weighted by Crippen LogP contribution is -2.56. The first-order chi connectivity index (χ1) is 10.9. The van der Waals surface area contributed by atoms with Crippen molar-refractivity contribution in [3.05, 3.63) is 35.4 Å². The number of likely N-dealkylation sites (tertiary alicyclic amines) is 1. The zero-order valence-corrected chi connectivity index (χ0v) is 13.5. The average molecular weight is 315 g/mol. The number of carbonyl (C=O) groups excluding carboxylic acids is 3. The lowest BCUT2D eigenvalue weighted by molar-refractivity contribution is -0.137. The number of hydrogen-bond acceptors (Lipinski definition) is 3. The Morgan fingerprint density at radius 1 is 1.22 bits per heavy atom. The van der Waals surface area contributed by atoms with Crippen LogP contribution in [-0.2, 0) is 16.0 Å². The molecule has 23 heavy (non-hydrogen) atoms. The smallest absolute Gasteiger partial charge is 0.324 e. The molecule has 1 N–H and O–H groups in total. The first-order valence-corrected chi connectivity index (χ1v) is 7.85. The van der Waals surface area contributed by atoms with Gasteiger partial charge in [-0.25, -0.2) is 4.79 Å². The molecular formula is C17H21N3O3. The van der Waals surface area contributed by atoms with Crippen molar-refractivity contribution in [3.63, 3.8) is 0 Å². The summed E-state index contributed by atoms with van der Waals surface area (Å²) in [7, 11) is 1.49. The maximum Gasteiger partial charge on any atom is 0.324 e. The van der Waals surface area contributed by atoms with Gasteiger partial charge in [0.1, 0.15) is 5.54 Å². The molecule has 2 fully saturated rings. The van der Waals surface area contributed by atoms with Gasteiger partial charge in [-0.05, 0) is 30.9 Å². The molecular weight excluding hydrogens is 294 g/mol. The van der Waals surface area contributed by atoms with E-state index in [0.717, 1.165) is 16.0 Å². The molecule has 6 nitrogen and oxygen atoms in total. The van der Waals surface area contributed by atoms with E-state index >= 15 is 0 Å². The Hall–Kier alpha value is -2.37. The molecule has 6 heteroatoms. The summed E-state index contributed by atoms with van der Waals surface area (Å²) in [6.07, 6.45) is 1.32. The van der Waals surface area contributed by atoms with E-state index in [-0.39, 0.29) is 17.8 Å². The molecule has 1 spiro atoms. The average Bonchev–Trinajstić information content (AvgIpc) is 2.74. The molecule has 2 aliphatic rings. The molecule has 1 aromatic carbocycles. The number of aryl methyl sites for hydroxylation is 1. The van der Waals surface area contributed by atoms with E-state index in [1.807, 2.05) is 31.2 Å². The van der Waals surface area contributed by atoms with Gasteiger partial charge in [0.25, 0.3) is 5.91 Å². The van der Waals surface area contributed by atoms with Gasteiger partial charge in [0.2, 0.25) is 5.91 Å². The lowest BCUT2D eigenvalue weighted by Gasteiger charge is -2.37. The largest absolute Gasteiger partial charge is 0.342 e. The summed E-state index contributed by atoms with van der Waals surface area (Å²) in [6.45, 7) is 2.98. The number of imide groups is 1. The summed E-state index contributed by atoms with van der Waals surface area (Å²) < 4.78 is 0. The fourth-order valence-corrected chi connectivity index (χ4v) is 3.32. The number of carbonyl (C=O) groups is 3. The highest BCUT2D eigenvalue weighted by atomic mass is 16.2. The minimum absolute atomic E-state index is 0.0688. The Bertz CT molecular complexity index is 663. The van der Waals surface area contributed by atoms with E-state index in [1.165, 1.54) is 7.05 Å². The summed E-state index contributed by atoms with van der Waals surface area (Å²) in [5.74, 6) is -0.118. The number of urea groups is 1. The summed E-state index contributed by atoms with van der Waals surface area (Å²) in [5.41, 5.74) is 1.32. The van der Waals surface area contributed by atoms with Gasteiger partial charge in [-0.1, -0.05) is 24.3 Å². The number of piperidine rings is 1. The van der Waals surface area contributed by atoms with Crippen molar-refractivity contribution in [1.29, 1.82) is 0 Å². The molecule has 122 valence electrons. The molecule has 0 aromatic heterocycles. The highest BCUT2D eigenvalue weighted by Gasteiger charge is 2.51. The van der Waals surface area contributed by atoms with Crippen molar-refractivity contribution in [2.24, 2.45) is 0 Å². The number of likely N-dealkylation sites (N-methyl/N-ethyl adjacent to an activating group) is 1. The van der Waals surface area contributed by atoms with Crippen LogP contribution in [0.3, 0.4) is 0 Å². The standard InChI is InChI=1S/C17H21N3O3/c1-12-5-3-4-6-13(12)11-14(21)20-9-7-17(8-10-20)15(22)19(2)16(23)18-17/h3-6H,7-11H2,1-2H3,(H,18,23). The number of benzene rings is 1. The van der Waals surface area contributed by atoms with Gasteiger partial charge < -0.3 is 10.2 Å².